The van der Waals surface area contributed by atoms with Gasteiger partial charge in [-0.1, -0.05) is 20.8 Å². The van der Waals surface area contributed by atoms with Gasteiger partial charge in [-0.05, 0) is 61.7 Å². The number of fused-ring (bicyclic) bond motifs is 2. The molecule has 0 spiro atoms. The van der Waals surface area contributed by atoms with E-state index in [-0.39, 0.29) is 29.0 Å². The first-order valence-corrected chi connectivity index (χ1v) is 12.2. The number of anilines is 1. The molecule has 25 heavy (non-hydrogen) atoms. The van der Waals surface area contributed by atoms with Gasteiger partial charge in [-0.25, -0.2) is 0 Å². The summed E-state index contributed by atoms with van der Waals surface area (Å²) in [4.78, 5) is 14.9. The summed E-state index contributed by atoms with van der Waals surface area (Å²) >= 11 is 0. The highest BCUT2D eigenvalue weighted by Gasteiger charge is 2.50. The van der Waals surface area contributed by atoms with Crippen LogP contribution in [0.15, 0.2) is 24.3 Å². The van der Waals surface area contributed by atoms with Gasteiger partial charge in [0.15, 0.2) is 8.32 Å². The van der Waals surface area contributed by atoms with Crippen LogP contribution in [-0.4, -0.2) is 33.5 Å². The molecule has 0 N–H and O–H groups in total. The molecule has 3 unspecified atom stereocenters. The van der Waals surface area contributed by atoms with Crippen molar-refractivity contribution in [1.82, 2.24) is 0 Å². The van der Waals surface area contributed by atoms with Crippen LogP contribution in [0.25, 0.3) is 0 Å². The number of rotatable bonds is 4. The lowest BCUT2D eigenvalue weighted by Crippen LogP contribution is -2.50. The van der Waals surface area contributed by atoms with Gasteiger partial charge in [0, 0.05) is 11.6 Å². The van der Waals surface area contributed by atoms with Gasteiger partial charge in [-0.2, -0.15) is 0 Å². The van der Waals surface area contributed by atoms with Crippen molar-refractivity contribution >= 4 is 19.9 Å². The van der Waals surface area contributed by atoms with Crippen LogP contribution in [0.3, 0.4) is 0 Å². The van der Waals surface area contributed by atoms with Crippen molar-refractivity contribution in [2.45, 2.75) is 70.3 Å². The van der Waals surface area contributed by atoms with Gasteiger partial charge < -0.3 is 14.1 Å². The Bertz CT molecular complexity index is 635. The first-order chi connectivity index (χ1) is 11.6. The molecule has 4 nitrogen and oxygen atoms in total. The van der Waals surface area contributed by atoms with Gasteiger partial charge in [0.1, 0.15) is 5.75 Å². The Morgan fingerprint density at radius 3 is 2.32 bits per heavy atom. The molecule has 0 radical (unpaired) electrons. The van der Waals surface area contributed by atoms with E-state index in [0.717, 1.165) is 30.7 Å². The zero-order valence-corrected chi connectivity index (χ0v) is 17.3. The quantitative estimate of drug-likeness (QED) is 0.736. The molecule has 1 aromatic carbocycles. The molecular formula is C20H31NO3Si. The highest BCUT2D eigenvalue weighted by molar-refractivity contribution is 6.74. The van der Waals surface area contributed by atoms with E-state index < -0.39 is 8.32 Å². The third-order valence-corrected chi connectivity index (χ3v) is 10.8. The van der Waals surface area contributed by atoms with E-state index in [2.05, 4.69) is 33.9 Å². The average Bonchev–Trinajstić information content (AvgIpc) is 2.81. The minimum absolute atomic E-state index is 0.144. The highest BCUT2D eigenvalue weighted by atomic mass is 28.4. The molecule has 1 aliphatic heterocycles. The average molecular weight is 362 g/mol. The Labute approximate surface area is 152 Å². The molecule has 1 aliphatic carbocycles. The lowest BCUT2D eigenvalue weighted by atomic mass is 9.88. The van der Waals surface area contributed by atoms with Gasteiger partial charge in [0.05, 0.1) is 19.3 Å². The predicted octanol–water partition coefficient (Wildman–Crippen LogP) is 4.60. The fraction of sp³-hybridized carbons (Fsp3) is 0.650. The van der Waals surface area contributed by atoms with Crippen LogP contribution >= 0.6 is 0 Å². The summed E-state index contributed by atoms with van der Waals surface area (Å²) in [5.74, 6) is 1.23. The van der Waals surface area contributed by atoms with E-state index in [0.29, 0.717) is 0 Å². The number of hydrogen-bond acceptors (Lipinski definition) is 3. The van der Waals surface area contributed by atoms with Crippen molar-refractivity contribution in [3.63, 3.8) is 0 Å². The number of benzene rings is 1. The maximum absolute atomic E-state index is 12.9. The second-order valence-corrected chi connectivity index (χ2v) is 13.7. The molecule has 138 valence electrons. The first-order valence-electron chi connectivity index (χ1n) is 9.29. The van der Waals surface area contributed by atoms with Crippen molar-refractivity contribution < 1.29 is 14.0 Å². The molecule has 2 bridgehead atoms. The molecule has 2 fully saturated rings. The normalized spacial score (nSPS) is 26.9. The summed E-state index contributed by atoms with van der Waals surface area (Å²) in [5, 5.41) is 0.178. The van der Waals surface area contributed by atoms with Crippen LogP contribution in [0.4, 0.5) is 5.69 Å². The number of ether oxygens (including phenoxy) is 1. The summed E-state index contributed by atoms with van der Waals surface area (Å²) in [6.45, 7) is 11.4. The van der Waals surface area contributed by atoms with Crippen LogP contribution in [0, 0.1) is 5.92 Å². The Morgan fingerprint density at radius 2 is 1.76 bits per heavy atom. The molecule has 1 heterocycles. The van der Waals surface area contributed by atoms with E-state index in [1.54, 1.807) is 7.11 Å². The zero-order chi connectivity index (χ0) is 18.4. The maximum Gasteiger partial charge on any atom is 0.230 e. The van der Waals surface area contributed by atoms with Crippen molar-refractivity contribution in [1.29, 1.82) is 0 Å². The van der Waals surface area contributed by atoms with Crippen LogP contribution in [0.2, 0.25) is 18.1 Å². The SMILES string of the molecule is COc1ccc(N2C(=O)C3CCC(O[Si](C)(C)C(C)(C)C)C2C3)cc1. The van der Waals surface area contributed by atoms with E-state index in [1.165, 1.54) is 0 Å². The van der Waals surface area contributed by atoms with Gasteiger partial charge in [-0.3, -0.25) is 4.79 Å². The fourth-order valence-corrected chi connectivity index (χ4v) is 5.11. The summed E-state index contributed by atoms with van der Waals surface area (Å²) in [5.41, 5.74) is 0.962. The smallest absolute Gasteiger partial charge is 0.230 e. The Balaban J connectivity index is 1.85. The van der Waals surface area contributed by atoms with E-state index in [9.17, 15) is 4.79 Å². The number of nitrogens with zero attached hydrogens (tertiary/aromatic N) is 1. The van der Waals surface area contributed by atoms with Crippen molar-refractivity contribution in [2.24, 2.45) is 5.92 Å². The van der Waals surface area contributed by atoms with E-state index in [1.807, 2.05) is 29.2 Å². The first kappa shape index (κ1) is 18.5. The summed E-state index contributed by atoms with van der Waals surface area (Å²) in [7, 11) is -0.198. The lowest BCUT2D eigenvalue weighted by Gasteiger charge is -2.43. The second-order valence-electron chi connectivity index (χ2n) is 8.90. The number of hydrogen-bond donors (Lipinski definition) is 0. The van der Waals surface area contributed by atoms with Crippen molar-refractivity contribution in [3.8, 4) is 5.75 Å². The highest BCUT2D eigenvalue weighted by Crippen LogP contribution is 2.44. The standard InChI is InChI=1S/C20H31NO3Si/c1-20(2,3)25(5,6)24-18-12-7-14-13-17(18)21(19(14)22)15-8-10-16(23-4)11-9-15/h8-11,14,17-18H,7,12-13H2,1-6H3. The number of amides is 1. The molecule has 1 saturated carbocycles. The Morgan fingerprint density at radius 1 is 1.12 bits per heavy atom. The topological polar surface area (TPSA) is 38.8 Å². The summed E-state index contributed by atoms with van der Waals surface area (Å²) in [6.07, 6.45) is 3.00. The van der Waals surface area contributed by atoms with Crippen LogP contribution in [-0.2, 0) is 9.22 Å². The number of carbonyl (C=O) groups excluding carboxylic acids is 1. The number of carbonyl (C=O) groups is 1. The Hall–Kier alpha value is -1.33. The molecule has 0 aromatic heterocycles. The Kier molecular flexibility index (Phi) is 4.75. The monoisotopic (exact) mass is 361 g/mol. The van der Waals surface area contributed by atoms with Gasteiger partial charge in [0.25, 0.3) is 0 Å². The third-order valence-electron chi connectivity index (χ3n) is 6.28. The third kappa shape index (κ3) is 3.36. The number of methoxy groups -OCH3 is 1. The zero-order valence-electron chi connectivity index (χ0n) is 16.3. The van der Waals surface area contributed by atoms with Gasteiger partial charge in [0.2, 0.25) is 5.91 Å². The molecule has 1 amide bonds. The van der Waals surface area contributed by atoms with Gasteiger partial charge in [-0.15, -0.1) is 0 Å². The molecular weight excluding hydrogens is 330 g/mol. The summed E-state index contributed by atoms with van der Waals surface area (Å²) < 4.78 is 12.0. The predicted molar refractivity (Wildman–Crippen MR) is 104 cm³/mol. The van der Waals surface area contributed by atoms with Crippen molar-refractivity contribution in [2.75, 3.05) is 12.0 Å². The van der Waals surface area contributed by atoms with Gasteiger partial charge >= 0.3 is 0 Å². The molecule has 2 aliphatic rings. The van der Waals surface area contributed by atoms with Crippen molar-refractivity contribution in [3.05, 3.63) is 24.3 Å². The molecule has 3 atom stereocenters. The van der Waals surface area contributed by atoms with E-state index >= 15 is 0 Å². The molecule has 1 aromatic rings. The molecule has 1 saturated heterocycles. The largest absolute Gasteiger partial charge is 0.497 e. The van der Waals surface area contributed by atoms with Crippen LogP contribution in [0.1, 0.15) is 40.0 Å². The second kappa shape index (κ2) is 6.43. The lowest BCUT2D eigenvalue weighted by molar-refractivity contribution is -0.120. The summed E-state index contributed by atoms with van der Waals surface area (Å²) in [6, 6.07) is 7.99. The fourth-order valence-electron chi connectivity index (χ4n) is 3.73. The van der Waals surface area contributed by atoms with Crippen LogP contribution < -0.4 is 9.64 Å². The molecule has 5 heteroatoms. The van der Waals surface area contributed by atoms with Crippen LogP contribution in [0.5, 0.6) is 5.75 Å². The van der Waals surface area contributed by atoms with E-state index in [4.69, 9.17) is 9.16 Å². The minimum atomic E-state index is -1.86. The maximum atomic E-state index is 12.9. The molecule has 3 rings (SSSR count). The minimum Gasteiger partial charge on any atom is -0.497 e.